The second-order valence-corrected chi connectivity index (χ2v) is 4.10. The van der Waals surface area contributed by atoms with Gasteiger partial charge in [0.25, 0.3) is 0 Å². The summed E-state index contributed by atoms with van der Waals surface area (Å²) in [6.07, 6.45) is -0.108. The molecule has 5 heteroatoms. The van der Waals surface area contributed by atoms with E-state index in [0.29, 0.717) is 13.1 Å². The van der Waals surface area contributed by atoms with Crippen molar-refractivity contribution in [2.45, 2.75) is 26.3 Å². The fraction of sp³-hybridized carbons (Fsp3) is 0.800. The minimum absolute atomic E-state index is 0.0175. The first-order chi connectivity index (χ1) is 7.06. The summed E-state index contributed by atoms with van der Waals surface area (Å²) in [5.41, 5.74) is 0. The predicted molar refractivity (Wildman–Crippen MR) is 55.1 cm³/mol. The maximum absolute atomic E-state index is 11.7. The zero-order valence-electron chi connectivity index (χ0n) is 9.19. The number of nitrogens with one attached hydrogen (secondary N) is 1. The number of carbonyl (C=O) groups excluding carboxylic acids is 2. The molecule has 1 atom stereocenters. The molecule has 2 amide bonds. The number of β-amino-alcohol motifs (C(OH)–C–C–N with tert-alkyl or cyclic N) is 1. The van der Waals surface area contributed by atoms with Gasteiger partial charge in [-0.05, 0) is 5.92 Å². The zero-order valence-corrected chi connectivity index (χ0v) is 9.19. The fourth-order valence-corrected chi connectivity index (χ4v) is 1.81. The van der Waals surface area contributed by atoms with E-state index in [1.54, 1.807) is 4.90 Å². The number of nitrogens with zero attached hydrogens (tertiary/aromatic N) is 1. The van der Waals surface area contributed by atoms with Crippen LogP contribution in [0.3, 0.4) is 0 Å². The first-order valence-corrected chi connectivity index (χ1v) is 5.23. The molecule has 2 N–H and O–H groups in total. The molecule has 1 saturated heterocycles. The van der Waals surface area contributed by atoms with E-state index < -0.39 is 0 Å². The molecule has 1 unspecified atom stereocenters. The molecule has 0 aromatic carbocycles. The van der Waals surface area contributed by atoms with E-state index in [1.165, 1.54) is 0 Å². The smallest absolute Gasteiger partial charge is 0.232 e. The molecule has 86 valence electrons. The van der Waals surface area contributed by atoms with Gasteiger partial charge in [-0.15, -0.1) is 0 Å². The first-order valence-electron chi connectivity index (χ1n) is 5.23. The van der Waals surface area contributed by atoms with Gasteiger partial charge in [0.15, 0.2) is 0 Å². The minimum Gasteiger partial charge on any atom is -0.395 e. The lowest BCUT2D eigenvalue weighted by atomic mass is 10.0. The van der Waals surface area contributed by atoms with Crippen LogP contribution >= 0.6 is 0 Å². The summed E-state index contributed by atoms with van der Waals surface area (Å²) in [6.45, 7) is 4.71. The van der Waals surface area contributed by atoms with Crippen LogP contribution in [0.2, 0.25) is 0 Å². The number of amides is 2. The number of carbonyl (C=O) groups is 2. The van der Waals surface area contributed by atoms with Crippen molar-refractivity contribution < 1.29 is 14.7 Å². The molecule has 1 heterocycles. The minimum atomic E-state index is -0.230. The highest BCUT2D eigenvalue weighted by atomic mass is 16.3. The maximum Gasteiger partial charge on any atom is 0.232 e. The Hall–Kier alpha value is -1.10. The topological polar surface area (TPSA) is 69.6 Å². The molecule has 0 bridgehead atoms. The summed E-state index contributed by atoms with van der Waals surface area (Å²) >= 11 is 0. The van der Waals surface area contributed by atoms with Crippen LogP contribution in [-0.2, 0) is 9.59 Å². The monoisotopic (exact) mass is 214 g/mol. The van der Waals surface area contributed by atoms with Crippen molar-refractivity contribution in [2.75, 3.05) is 19.7 Å². The van der Waals surface area contributed by atoms with Crippen LogP contribution in [0.4, 0.5) is 0 Å². The van der Waals surface area contributed by atoms with Gasteiger partial charge >= 0.3 is 0 Å². The van der Waals surface area contributed by atoms with Gasteiger partial charge in [-0.2, -0.15) is 0 Å². The van der Waals surface area contributed by atoms with E-state index in [0.717, 1.165) is 0 Å². The average molecular weight is 214 g/mol. The maximum atomic E-state index is 11.7. The number of hydrogen-bond acceptors (Lipinski definition) is 3. The Kier molecular flexibility index (Phi) is 4.08. The van der Waals surface area contributed by atoms with Crippen molar-refractivity contribution in [3.63, 3.8) is 0 Å². The third kappa shape index (κ3) is 2.92. The Balaban J connectivity index is 2.81. The second kappa shape index (κ2) is 5.11. The van der Waals surface area contributed by atoms with E-state index in [2.05, 4.69) is 5.32 Å². The van der Waals surface area contributed by atoms with E-state index >= 15 is 0 Å². The Morgan fingerprint density at radius 3 is 2.73 bits per heavy atom. The Morgan fingerprint density at radius 1 is 1.53 bits per heavy atom. The Labute approximate surface area is 89.4 Å². The SMILES string of the molecule is CC(C)C1CNC(=O)CC(=O)N1CCO. The third-order valence-corrected chi connectivity index (χ3v) is 2.65. The highest BCUT2D eigenvalue weighted by Gasteiger charge is 2.30. The summed E-state index contributed by atoms with van der Waals surface area (Å²) in [7, 11) is 0. The number of aliphatic hydroxyl groups is 1. The Bertz CT molecular complexity index is 253. The molecule has 1 rings (SSSR count). The van der Waals surface area contributed by atoms with Crippen molar-refractivity contribution in [1.82, 2.24) is 10.2 Å². The van der Waals surface area contributed by atoms with E-state index in [9.17, 15) is 9.59 Å². The zero-order chi connectivity index (χ0) is 11.4. The number of hydrogen-bond donors (Lipinski definition) is 2. The van der Waals surface area contributed by atoms with Crippen LogP contribution < -0.4 is 5.32 Å². The fourth-order valence-electron chi connectivity index (χ4n) is 1.81. The lowest BCUT2D eigenvalue weighted by Gasteiger charge is -2.31. The summed E-state index contributed by atoms with van der Waals surface area (Å²) < 4.78 is 0. The van der Waals surface area contributed by atoms with Gasteiger partial charge < -0.3 is 15.3 Å². The van der Waals surface area contributed by atoms with Gasteiger partial charge in [0, 0.05) is 13.1 Å². The van der Waals surface area contributed by atoms with Crippen molar-refractivity contribution in [3.05, 3.63) is 0 Å². The Morgan fingerprint density at radius 2 is 2.20 bits per heavy atom. The second-order valence-electron chi connectivity index (χ2n) is 4.10. The molecular weight excluding hydrogens is 196 g/mol. The molecule has 0 radical (unpaired) electrons. The van der Waals surface area contributed by atoms with E-state index in [-0.39, 0.29) is 36.8 Å². The third-order valence-electron chi connectivity index (χ3n) is 2.65. The molecule has 1 aliphatic heterocycles. The standard InChI is InChI=1S/C10H18N2O3/c1-7(2)8-6-11-9(14)5-10(15)12(8)3-4-13/h7-8,13H,3-6H2,1-2H3,(H,11,14). The quantitative estimate of drug-likeness (QED) is 0.613. The van der Waals surface area contributed by atoms with Gasteiger partial charge in [-0.3, -0.25) is 9.59 Å². The molecule has 0 aromatic rings. The van der Waals surface area contributed by atoms with Gasteiger partial charge in [0.2, 0.25) is 11.8 Å². The highest BCUT2D eigenvalue weighted by molar-refractivity contribution is 5.97. The molecule has 0 saturated carbocycles. The first kappa shape index (κ1) is 12.0. The summed E-state index contributed by atoms with van der Waals surface area (Å²) in [5.74, 6) is -0.164. The van der Waals surface area contributed by atoms with Crippen LogP contribution in [0.5, 0.6) is 0 Å². The van der Waals surface area contributed by atoms with Gasteiger partial charge in [-0.1, -0.05) is 13.8 Å². The molecule has 0 aromatic heterocycles. The van der Waals surface area contributed by atoms with Crippen molar-refractivity contribution >= 4 is 11.8 Å². The van der Waals surface area contributed by atoms with Crippen molar-refractivity contribution in [1.29, 1.82) is 0 Å². The molecule has 0 aliphatic carbocycles. The van der Waals surface area contributed by atoms with Crippen molar-refractivity contribution in [2.24, 2.45) is 5.92 Å². The van der Waals surface area contributed by atoms with Gasteiger partial charge in [-0.25, -0.2) is 0 Å². The summed E-state index contributed by atoms with van der Waals surface area (Å²) in [5, 5.41) is 11.6. The van der Waals surface area contributed by atoms with Gasteiger partial charge in [0.1, 0.15) is 6.42 Å². The summed E-state index contributed by atoms with van der Waals surface area (Å²) in [6, 6.07) is -0.0175. The van der Waals surface area contributed by atoms with Crippen LogP contribution in [0.15, 0.2) is 0 Å². The molecule has 5 nitrogen and oxygen atoms in total. The molecule has 0 spiro atoms. The number of rotatable bonds is 3. The predicted octanol–water partition coefficient (Wildman–Crippen LogP) is -0.648. The normalized spacial score (nSPS) is 22.9. The molecule has 15 heavy (non-hydrogen) atoms. The molecular formula is C10H18N2O3. The van der Waals surface area contributed by atoms with Crippen LogP contribution in [0, 0.1) is 5.92 Å². The van der Waals surface area contributed by atoms with Crippen LogP contribution in [0.25, 0.3) is 0 Å². The van der Waals surface area contributed by atoms with E-state index in [1.807, 2.05) is 13.8 Å². The largest absolute Gasteiger partial charge is 0.395 e. The van der Waals surface area contributed by atoms with Crippen molar-refractivity contribution in [3.8, 4) is 0 Å². The van der Waals surface area contributed by atoms with Crippen LogP contribution in [-0.4, -0.2) is 47.6 Å². The lowest BCUT2D eigenvalue weighted by molar-refractivity contribution is -0.136. The highest BCUT2D eigenvalue weighted by Crippen LogP contribution is 2.13. The average Bonchev–Trinajstić information content (AvgIpc) is 2.27. The van der Waals surface area contributed by atoms with Crippen LogP contribution in [0.1, 0.15) is 20.3 Å². The molecule has 1 fully saturated rings. The number of aliphatic hydroxyl groups excluding tert-OH is 1. The van der Waals surface area contributed by atoms with Gasteiger partial charge in [0.05, 0.1) is 12.6 Å². The lowest BCUT2D eigenvalue weighted by Crippen LogP contribution is -2.46. The summed E-state index contributed by atoms with van der Waals surface area (Å²) in [4.78, 5) is 24.5. The molecule has 1 aliphatic rings. The van der Waals surface area contributed by atoms with E-state index in [4.69, 9.17) is 5.11 Å².